The number of carbonyl (C=O) groups excluding carboxylic acids is 3. The van der Waals surface area contributed by atoms with E-state index in [-0.39, 0.29) is 49.1 Å². The standard InChI is InChI=1S/C24H27FN4O3/c1-24(14-21(30)27-20-8-4-5-13-29(20)24)23(32)28(19-6-2-3-7-19)16-22(31)26-15-17-9-11-18(25)12-10-17/h4-5,8-13,19H,2-3,6-7,14-16H2,1H3,(H,26,31)/t24-/m1/s1. The van der Waals surface area contributed by atoms with Crippen LogP contribution in [0.15, 0.2) is 53.7 Å². The maximum absolute atomic E-state index is 13.9. The fourth-order valence-corrected chi connectivity index (χ4v) is 4.57. The van der Waals surface area contributed by atoms with Gasteiger partial charge in [-0.2, -0.15) is 4.99 Å². The van der Waals surface area contributed by atoms with Crippen molar-refractivity contribution in [1.29, 1.82) is 0 Å². The number of amides is 3. The van der Waals surface area contributed by atoms with Crippen molar-refractivity contribution in [2.75, 3.05) is 6.54 Å². The first kappa shape index (κ1) is 21.9. The van der Waals surface area contributed by atoms with E-state index in [0.29, 0.717) is 5.84 Å². The van der Waals surface area contributed by atoms with Gasteiger partial charge in [-0.15, -0.1) is 0 Å². The summed E-state index contributed by atoms with van der Waals surface area (Å²) < 4.78 is 13.1. The van der Waals surface area contributed by atoms with Crippen LogP contribution < -0.4 is 5.32 Å². The zero-order valence-electron chi connectivity index (χ0n) is 18.1. The fraction of sp³-hybridized carbons (Fsp3) is 0.417. The second-order valence-electron chi connectivity index (χ2n) is 8.66. The minimum absolute atomic E-state index is 0.0439. The molecule has 1 aromatic carbocycles. The zero-order valence-corrected chi connectivity index (χ0v) is 18.1. The maximum atomic E-state index is 13.9. The van der Waals surface area contributed by atoms with Crippen molar-refractivity contribution >= 4 is 23.6 Å². The van der Waals surface area contributed by atoms with Crippen molar-refractivity contribution in [1.82, 2.24) is 15.1 Å². The Balaban J connectivity index is 1.51. The number of allylic oxidation sites excluding steroid dienone is 2. The first-order valence-corrected chi connectivity index (χ1v) is 10.9. The molecule has 0 aromatic heterocycles. The number of hydrogen-bond acceptors (Lipinski definition) is 4. The minimum atomic E-state index is -1.14. The van der Waals surface area contributed by atoms with Gasteiger partial charge in [0.2, 0.25) is 11.8 Å². The molecule has 3 amide bonds. The lowest BCUT2D eigenvalue weighted by Gasteiger charge is -2.45. The van der Waals surface area contributed by atoms with Crippen molar-refractivity contribution in [2.45, 2.75) is 57.2 Å². The number of aliphatic imine (C=N–C) groups is 1. The van der Waals surface area contributed by atoms with Crippen LogP contribution in [0.4, 0.5) is 4.39 Å². The molecule has 7 nitrogen and oxygen atoms in total. The molecule has 168 valence electrons. The predicted octanol–water partition coefficient (Wildman–Crippen LogP) is 2.69. The van der Waals surface area contributed by atoms with Crippen LogP contribution in [-0.2, 0) is 20.9 Å². The molecule has 2 aliphatic heterocycles. The van der Waals surface area contributed by atoms with Gasteiger partial charge in [-0.05, 0) is 49.6 Å². The molecule has 1 aromatic rings. The number of nitrogens with zero attached hydrogens (tertiary/aromatic N) is 3. The number of hydrogen-bond donors (Lipinski definition) is 1. The van der Waals surface area contributed by atoms with Crippen LogP contribution in [0.3, 0.4) is 0 Å². The third-order valence-corrected chi connectivity index (χ3v) is 6.31. The van der Waals surface area contributed by atoms with Crippen LogP contribution in [0.5, 0.6) is 0 Å². The number of amidine groups is 1. The Morgan fingerprint density at radius 3 is 2.66 bits per heavy atom. The molecule has 1 N–H and O–H groups in total. The molecule has 1 saturated carbocycles. The van der Waals surface area contributed by atoms with Crippen molar-refractivity contribution in [3.8, 4) is 0 Å². The van der Waals surface area contributed by atoms with E-state index in [9.17, 15) is 18.8 Å². The highest BCUT2D eigenvalue weighted by atomic mass is 19.1. The topological polar surface area (TPSA) is 82.1 Å². The number of rotatable bonds is 6. The number of nitrogens with one attached hydrogen (secondary N) is 1. The third kappa shape index (κ3) is 4.49. The lowest BCUT2D eigenvalue weighted by Crippen LogP contribution is -2.63. The number of halogens is 1. The Bertz CT molecular complexity index is 995. The summed E-state index contributed by atoms with van der Waals surface area (Å²) in [6.45, 7) is 1.90. The van der Waals surface area contributed by atoms with Crippen molar-refractivity contribution < 1.29 is 18.8 Å². The normalized spacial score (nSPS) is 22.5. The first-order valence-electron chi connectivity index (χ1n) is 10.9. The minimum Gasteiger partial charge on any atom is -0.350 e. The van der Waals surface area contributed by atoms with E-state index in [1.807, 2.05) is 0 Å². The molecule has 8 heteroatoms. The molecule has 0 saturated heterocycles. The van der Waals surface area contributed by atoms with Gasteiger partial charge >= 0.3 is 0 Å². The van der Waals surface area contributed by atoms with E-state index in [0.717, 1.165) is 31.2 Å². The van der Waals surface area contributed by atoms with Gasteiger partial charge < -0.3 is 15.1 Å². The predicted molar refractivity (Wildman–Crippen MR) is 118 cm³/mol. The summed E-state index contributed by atoms with van der Waals surface area (Å²) in [6.07, 6.45) is 10.7. The molecule has 0 bridgehead atoms. The van der Waals surface area contributed by atoms with Crippen LogP contribution in [0.2, 0.25) is 0 Å². The average Bonchev–Trinajstić information content (AvgIpc) is 3.31. The summed E-state index contributed by atoms with van der Waals surface area (Å²) in [5.74, 6) is -0.783. The first-order chi connectivity index (χ1) is 15.4. The number of carbonyl (C=O) groups is 3. The molecule has 3 aliphatic rings. The van der Waals surface area contributed by atoms with Gasteiger partial charge in [0.15, 0.2) is 0 Å². The summed E-state index contributed by atoms with van der Waals surface area (Å²) in [7, 11) is 0. The molecule has 0 radical (unpaired) electrons. The van der Waals surface area contributed by atoms with Gasteiger partial charge in [0.1, 0.15) is 17.2 Å². The van der Waals surface area contributed by atoms with E-state index in [1.54, 1.807) is 53.3 Å². The van der Waals surface area contributed by atoms with Gasteiger partial charge in [-0.3, -0.25) is 14.4 Å². The average molecular weight is 439 g/mol. The Kier molecular flexibility index (Phi) is 6.21. The lowest BCUT2D eigenvalue weighted by molar-refractivity contribution is -0.148. The summed E-state index contributed by atoms with van der Waals surface area (Å²) in [5.41, 5.74) is -0.371. The molecule has 0 spiro atoms. The Morgan fingerprint density at radius 1 is 1.22 bits per heavy atom. The quantitative estimate of drug-likeness (QED) is 0.741. The summed E-state index contributed by atoms with van der Waals surface area (Å²) >= 11 is 0. The second-order valence-corrected chi connectivity index (χ2v) is 8.66. The van der Waals surface area contributed by atoms with Gasteiger partial charge in [0.25, 0.3) is 5.91 Å². The maximum Gasteiger partial charge on any atom is 0.250 e. The Hall–Kier alpha value is -3.29. The highest BCUT2D eigenvalue weighted by Crippen LogP contribution is 2.33. The van der Waals surface area contributed by atoms with Crippen LogP contribution in [0.1, 0.15) is 44.6 Å². The second kappa shape index (κ2) is 9.06. The molecule has 1 aliphatic carbocycles. The Labute approximate surface area is 186 Å². The fourth-order valence-electron chi connectivity index (χ4n) is 4.57. The smallest absolute Gasteiger partial charge is 0.250 e. The van der Waals surface area contributed by atoms with E-state index in [4.69, 9.17) is 0 Å². The molecule has 1 atom stereocenters. The molecule has 32 heavy (non-hydrogen) atoms. The molecule has 1 fully saturated rings. The molecular formula is C24H27FN4O3. The van der Waals surface area contributed by atoms with Crippen LogP contribution >= 0.6 is 0 Å². The highest BCUT2D eigenvalue weighted by Gasteiger charge is 2.48. The zero-order chi connectivity index (χ0) is 22.7. The van der Waals surface area contributed by atoms with E-state index in [1.165, 1.54) is 12.1 Å². The summed E-state index contributed by atoms with van der Waals surface area (Å²) in [5, 5.41) is 2.82. The monoisotopic (exact) mass is 438 g/mol. The summed E-state index contributed by atoms with van der Waals surface area (Å²) in [4.78, 5) is 46.4. The van der Waals surface area contributed by atoms with Gasteiger partial charge in [0.05, 0.1) is 13.0 Å². The largest absolute Gasteiger partial charge is 0.350 e. The van der Waals surface area contributed by atoms with E-state index >= 15 is 0 Å². The molecule has 0 unspecified atom stereocenters. The Morgan fingerprint density at radius 2 is 1.94 bits per heavy atom. The van der Waals surface area contributed by atoms with Crippen molar-refractivity contribution in [3.63, 3.8) is 0 Å². The van der Waals surface area contributed by atoms with Crippen molar-refractivity contribution in [2.24, 2.45) is 4.99 Å². The molecular weight excluding hydrogens is 411 g/mol. The third-order valence-electron chi connectivity index (χ3n) is 6.31. The van der Waals surface area contributed by atoms with Crippen molar-refractivity contribution in [3.05, 3.63) is 60.1 Å². The van der Waals surface area contributed by atoms with Crippen LogP contribution in [0.25, 0.3) is 0 Å². The van der Waals surface area contributed by atoms with Gasteiger partial charge in [-0.25, -0.2) is 4.39 Å². The van der Waals surface area contributed by atoms with Gasteiger partial charge in [0, 0.05) is 18.8 Å². The van der Waals surface area contributed by atoms with E-state index < -0.39 is 5.54 Å². The van der Waals surface area contributed by atoms with E-state index in [2.05, 4.69) is 10.3 Å². The van der Waals surface area contributed by atoms with Gasteiger partial charge in [-0.1, -0.05) is 31.1 Å². The number of benzene rings is 1. The van der Waals surface area contributed by atoms with Crippen LogP contribution in [0, 0.1) is 5.82 Å². The number of fused-ring (bicyclic) bond motifs is 1. The SMILES string of the molecule is C[C@]1(C(=O)N(CC(=O)NCc2ccc(F)cc2)C2CCCC2)CC(=O)N=C2C=CC=CN21. The van der Waals surface area contributed by atoms with Crippen LogP contribution in [-0.4, -0.2) is 51.5 Å². The lowest BCUT2D eigenvalue weighted by atomic mass is 9.89. The molecule has 4 rings (SSSR count). The highest BCUT2D eigenvalue weighted by molar-refractivity contribution is 6.09. The summed E-state index contributed by atoms with van der Waals surface area (Å²) in [6, 6.07) is 5.87. The molecule has 2 heterocycles.